The van der Waals surface area contributed by atoms with Gasteiger partial charge in [0.1, 0.15) is 0 Å². The molecule has 0 saturated carbocycles. The van der Waals surface area contributed by atoms with E-state index in [1.807, 2.05) is 0 Å². The zero-order valence-corrected chi connectivity index (χ0v) is 16.1. The molecule has 0 bridgehead atoms. The van der Waals surface area contributed by atoms with E-state index in [9.17, 15) is 0 Å². The summed E-state index contributed by atoms with van der Waals surface area (Å²) in [6, 6.07) is 0. The molecule has 102 valence electrons. The summed E-state index contributed by atoms with van der Waals surface area (Å²) in [5.74, 6) is 0. The van der Waals surface area contributed by atoms with Crippen LogP contribution in [0.2, 0.25) is 19.6 Å². The SMILES string of the molecule is CN(C)CCCN(C)CCC[N]([AlH2])[Si](C)(C)C. The van der Waals surface area contributed by atoms with Gasteiger partial charge in [-0.05, 0) is 60.2 Å². The second kappa shape index (κ2) is 8.68. The zero-order chi connectivity index (χ0) is 13.5. The molecule has 0 aromatic rings. The molecule has 0 unspecified atom stereocenters. The number of rotatable bonds is 9. The van der Waals surface area contributed by atoms with Crippen molar-refractivity contribution in [3.05, 3.63) is 0 Å². The fourth-order valence-corrected chi connectivity index (χ4v) is 2.83. The minimum absolute atomic E-state index is 1.00. The molecule has 0 radical (unpaired) electrons. The van der Waals surface area contributed by atoms with Crippen molar-refractivity contribution in [3.8, 4) is 0 Å². The molecule has 0 aromatic heterocycles. The maximum atomic E-state index is 2.71. The van der Waals surface area contributed by atoms with Crippen molar-refractivity contribution < 1.29 is 0 Å². The standard InChI is InChI=1S/C12H30N3Si.Al.2H/c1-14(2)10-8-12-15(3)11-7-9-13-16(4,5)6;;;/h7-12H2,1-6H3;;;/q-1;+1;;. The van der Waals surface area contributed by atoms with Crippen molar-refractivity contribution in [1.29, 1.82) is 0 Å². The zero-order valence-electron chi connectivity index (χ0n) is 13.1. The van der Waals surface area contributed by atoms with Crippen molar-refractivity contribution in [2.24, 2.45) is 0 Å². The predicted molar refractivity (Wildman–Crippen MR) is 83.9 cm³/mol. The Labute approximate surface area is 118 Å². The van der Waals surface area contributed by atoms with Gasteiger partial charge < -0.3 is 13.3 Å². The minimum Gasteiger partial charge on any atom is -0.414 e. The van der Waals surface area contributed by atoms with Gasteiger partial charge in [0.15, 0.2) is 0 Å². The largest absolute Gasteiger partial charge is 0.414 e. The highest BCUT2D eigenvalue weighted by atomic mass is 28.3. The highest BCUT2D eigenvalue weighted by Gasteiger charge is 2.17. The van der Waals surface area contributed by atoms with Gasteiger partial charge in [-0.25, -0.2) is 0 Å². The normalized spacial score (nSPS) is 13.0. The molecule has 0 amide bonds. The van der Waals surface area contributed by atoms with Gasteiger partial charge in [-0.3, -0.25) is 0 Å². The summed E-state index contributed by atoms with van der Waals surface area (Å²) in [4.78, 5) is 4.74. The van der Waals surface area contributed by atoms with Gasteiger partial charge in [0, 0.05) is 0 Å². The number of hydrogen-bond acceptors (Lipinski definition) is 3. The fourth-order valence-electron chi connectivity index (χ4n) is 1.68. The maximum Gasteiger partial charge on any atom is 0.314 e. The monoisotopic (exact) mass is 273 g/mol. The van der Waals surface area contributed by atoms with Gasteiger partial charge in [0.2, 0.25) is 0 Å². The summed E-state index contributed by atoms with van der Waals surface area (Å²) >= 11 is 1.23. The van der Waals surface area contributed by atoms with Crippen LogP contribution in [-0.4, -0.2) is 85.4 Å². The molecular formula is C12H32AlN3Si. The minimum atomic E-state index is -1.00. The Hall–Kier alpha value is 0.629. The van der Waals surface area contributed by atoms with Gasteiger partial charge in [-0.15, -0.1) is 0 Å². The molecule has 0 fully saturated rings. The Balaban J connectivity index is 3.54. The fraction of sp³-hybridized carbons (Fsp3) is 1.00. The molecule has 17 heavy (non-hydrogen) atoms. The molecular weight excluding hydrogens is 241 g/mol. The van der Waals surface area contributed by atoms with Crippen LogP contribution in [0, 0.1) is 0 Å². The molecule has 0 aliphatic heterocycles. The van der Waals surface area contributed by atoms with Crippen LogP contribution < -0.4 is 0 Å². The molecule has 0 atom stereocenters. The van der Waals surface area contributed by atoms with E-state index in [-0.39, 0.29) is 0 Å². The Bertz CT molecular complexity index is 195. The first-order valence-electron chi connectivity index (χ1n) is 6.78. The lowest BCUT2D eigenvalue weighted by Gasteiger charge is -2.32. The van der Waals surface area contributed by atoms with Gasteiger partial charge in [0.25, 0.3) is 0 Å². The number of nitrogens with zero attached hydrogens (tertiary/aromatic N) is 3. The Morgan fingerprint density at radius 2 is 1.29 bits per heavy atom. The second-order valence-electron chi connectivity index (χ2n) is 6.41. The van der Waals surface area contributed by atoms with Crippen molar-refractivity contribution in [3.63, 3.8) is 0 Å². The average Bonchev–Trinajstić information content (AvgIpc) is 2.15. The molecule has 0 aromatic carbocycles. The number of hydrogen-bond donors (Lipinski definition) is 0. The third-order valence-electron chi connectivity index (χ3n) is 3.32. The highest BCUT2D eigenvalue weighted by Crippen LogP contribution is 2.06. The van der Waals surface area contributed by atoms with Crippen molar-refractivity contribution in [1.82, 2.24) is 13.3 Å². The van der Waals surface area contributed by atoms with Gasteiger partial charge in [-0.1, -0.05) is 19.6 Å². The molecule has 0 N–H and O–H groups in total. The average molecular weight is 273 g/mol. The van der Waals surface area contributed by atoms with E-state index in [0.29, 0.717) is 0 Å². The predicted octanol–water partition coefficient (Wildman–Crippen LogP) is 0.945. The molecule has 0 spiro atoms. The van der Waals surface area contributed by atoms with E-state index in [0.717, 1.165) is 0 Å². The van der Waals surface area contributed by atoms with E-state index < -0.39 is 8.24 Å². The van der Waals surface area contributed by atoms with Crippen LogP contribution in [0.25, 0.3) is 0 Å². The summed E-state index contributed by atoms with van der Waals surface area (Å²) in [7, 11) is 5.54. The lowest BCUT2D eigenvalue weighted by atomic mass is 10.3. The van der Waals surface area contributed by atoms with Crippen LogP contribution in [0.4, 0.5) is 0 Å². The third kappa shape index (κ3) is 10.3. The Morgan fingerprint density at radius 3 is 1.71 bits per heavy atom. The van der Waals surface area contributed by atoms with E-state index in [4.69, 9.17) is 0 Å². The first-order chi connectivity index (χ1) is 7.73. The van der Waals surface area contributed by atoms with Gasteiger partial charge in [-0.2, -0.15) is 0 Å². The first kappa shape index (κ1) is 17.6. The smallest absolute Gasteiger partial charge is 0.314 e. The summed E-state index contributed by atoms with van der Waals surface area (Å²) in [5.41, 5.74) is 0. The van der Waals surface area contributed by atoms with Crippen molar-refractivity contribution in [2.45, 2.75) is 32.5 Å². The molecule has 0 aliphatic rings. The van der Waals surface area contributed by atoms with E-state index in [2.05, 4.69) is 54.1 Å². The molecule has 0 saturated heterocycles. The lowest BCUT2D eigenvalue weighted by Crippen LogP contribution is -2.45. The Kier molecular flexibility index (Phi) is 9.00. The summed E-state index contributed by atoms with van der Waals surface area (Å²) < 4.78 is 2.71. The molecule has 0 rings (SSSR count). The lowest BCUT2D eigenvalue weighted by molar-refractivity contribution is 0.294. The first-order valence-corrected chi connectivity index (χ1v) is 11.1. The molecule has 0 heterocycles. The highest BCUT2D eigenvalue weighted by molar-refractivity contribution is 6.77. The van der Waals surface area contributed by atoms with Crippen LogP contribution in [-0.2, 0) is 0 Å². The molecule has 0 aliphatic carbocycles. The van der Waals surface area contributed by atoms with Crippen LogP contribution >= 0.6 is 0 Å². The van der Waals surface area contributed by atoms with Crippen LogP contribution in [0.1, 0.15) is 12.8 Å². The molecule has 3 nitrogen and oxygen atoms in total. The van der Waals surface area contributed by atoms with Crippen molar-refractivity contribution in [2.75, 3.05) is 47.3 Å². The van der Waals surface area contributed by atoms with E-state index >= 15 is 0 Å². The van der Waals surface area contributed by atoms with Crippen molar-refractivity contribution >= 4 is 24.7 Å². The van der Waals surface area contributed by atoms with E-state index in [1.165, 1.54) is 55.5 Å². The summed E-state index contributed by atoms with van der Waals surface area (Å²) in [5, 5.41) is 0. The molecule has 5 heteroatoms. The second-order valence-corrected chi connectivity index (χ2v) is 13.5. The maximum absolute atomic E-state index is 2.71. The van der Waals surface area contributed by atoms with Crippen LogP contribution in [0.5, 0.6) is 0 Å². The third-order valence-corrected chi connectivity index (χ3v) is 10.3. The van der Waals surface area contributed by atoms with Gasteiger partial charge >= 0.3 is 16.5 Å². The van der Waals surface area contributed by atoms with Crippen LogP contribution in [0.15, 0.2) is 0 Å². The Morgan fingerprint density at radius 1 is 0.824 bits per heavy atom. The van der Waals surface area contributed by atoms with Crippen LogP contribution in [0.3, 0.4) is 0 Å². The summed E-state index contributed by atoms with van der Waals surface area (Å²) in [6.07, 6.45) is 2.61. The quantitative estimate of drug-likeness (QED) is 0.579. The topological polar surface area (TPSA) is 9.72 Å². The van der Waals surface area contributed by atoms with Gasteiger partial charge in [0.05, 0.1) is 8.24 Å². The summed E-state index contributed by atoms with van der Waals surface area (Å²) in [6.45, 7) is 12.3. The van der Waals surface area contributed by atoms with E-state index in [1.54, 1.807) is 0 Å².